The van der Waals surface area contributed by atoms with Crippen LogP contribution in [0.5, 0.6) is 0 Å². The molecule has 0 bridgehead atoms. The van der Waals surface area contributed by atoms with E-state index in [2.05, 4.69) is 21.2 Å². The summed E-state index contributed by atoms with van der Waals surface area (Å²) < 4.78 is 42.9. The van der Waals surface area contributed by atoms with Gasteiger partial charge in [-0.3, -0.25) is 0 Å². The average Bonchev–Trinajstić information content (AvgIpc) is 3.17. The lowest BCUT2D eigenvalue weighted by Gasteiger charge is -2.19. The van der Waals surface area contributed by atoms with Gasteiger partial charge in [0, 0.05) is 17.1 Å². The van der Waals surface area contributed by atoms with E-state index < -0.39 is 12.6 Å². The first-order valence-corrected chi connectivity index (χ1v) is 7.40. The van der Waals surface area contributed by atoms with Gasteiger partial charge in [-0.1, -0.05) is 28.1 Å². The fraction of sp³-hybridized carbons (Fsp3) is 0.571. The van der Waals surface area contributed by atoms with Crippen LogP contribution in [0.4, 0.5) is 13.2 Å². The molecule has 1 N–H and O–H groups in total. The van der Waals surface area contributed by atoms with Gasteiger partial charge < -0.3 is 10.1 Å². The first kappa shape index (κ1) is 15.8. The first-order chi connectivity index (χ1) is 9.44. The molecule has 6 heteroatoms. The Bertz CT molecular complexity index is 417. The highest BCUT2D eigenvalue weighted by Gasteiger charge is 2.28. The number of rotatable bonds is 7. The van der Waals surface area contributed by atoms with Gasteiger partial charge in [-0.15, -0.1) is 0 Å². The van der Waals surface area contributed by atoms with Crippen molar-refractivity contribution in [2.24, 2.45) is 0 Å². The Labute approximate surface area is 124 Å². The third kappa shape index (κ3) is 5.81. The third-order valence-electron chi connectivity index (χ3n) is 3.12. The molecule has 0 spiro atoms. The highest BCUT2D eigenvalue weighted by Crippen LogP contribution is 2.25. The minimum Gasteiger partial charge on any atom is -0.372 e. The van der Waals surface area contributed by atoms with Crippen molar-refractivity contribution in [3.8, 4) is 0 Å². The molecule has 1 aliphatic rings. The molecule has 2 nitrogen and oxygen atoms in total. The van der Waals surface area contributed by atoms with Crippen LogP contribution >= 0.6 is 15.9 Å². The van der Waals surface area contributed by atoms with Crippen molar-refractivity contribution in [3.63, 3.8) is 0 Å². The summed E-state index contributed by atoms with van der Waals surface area (Å²) in [6.07, 6.45) is -3.16. The van der Waals surface area contributed by atoms with Crippen molar-refractivity contribution in [3.05, 3.63) is 34.3 Å². The quantitative estimate of drug-likeness (QED) is 0.794. The monoisotopic (exact) mass is 351 g/mol. The van der Waals surface area contributed by atoms with Gasteiger partial charge in [-0.2, -0.15) is 13.2 Å². The van der Waals surface area contributed by atoms with E-state index in [1.165, 1.54) is 0 Å². The average molecular weight is 352 g/mol. The summed E-state index contributed by atoms with van der Waals surface area (Å²) in [7, 11) is 0. The van der Waals surface area contributed by atoms with Crippen molar-refractivity contribution >= 4 is 15.9 Å². The number of benzene rings is 1. The van der Waals surface area contributed by atoms with Gasteiger partial charge in [-0.25, -0.2) is 0 Å². The van der Waals surface area contributed by atoms with Crippen molar-refractivity contribution < 1.29 is 17.9 Å². The van der Waals surface area contributed by atoms with Crippen LogP contribution in [0.25, 0.3) is 0 Å². The summed E-state index contributed by atoms with van der Waals surface area (Å²) in [5.74, 6) is 0. The Balaban J connectivity index is 1.90. The Morgan fingerprint density at radius 3 is 2.45 bits per heavy atom. The van der Waals surface area contributed by atoms with Gasteiger partial charge in [0.05, 0.1) is 19.1 Å². The molecule has 1 unspecified atom stereocenters. The van der Waals surface area contributed by atoms with Gasteiger partial charge >= 0.3 is 6.18 Å². The van der Waals surface area contributed by atoms with E-state index in [9.17, 15) is 13.2 Å². The van der Waals surface area contributed by atoms with Crippen molar-refractivity contribution in [2.45, 2.75) is 37.6 Å². The van der Waals surface area contributed by atoms with Gasteiger partial charge in [0.1, 0.15) is 0 Å². The van der Waals surface area contributed by atoms with Crippen molar-refractivity contribution in [1.29, 1.82) is 0 Å². The van der Waals surface area contributed by atoms with E-state index in [-0.39, 0.29) is 12.7 Å². The van der Waals surface area contributed by atoms with Gasteiger partial charge in [-0.05, 0) is 30.5 Å². The second kappa shape index (κ2) is 6.91. The van der Waals surface area contributed by atoms with Crippen LogP contribution in [-0.2, 0) is 4.74 Å². The van der Waals surface area contributed by atoms with Crippen LogP contribution in [0.1, 0.15) is 30.9 Å². The molecule has 1 aliphatic carbocycles. The minimum absolute atomic E-state index is 0.309. The van der Waals surface area contributed by atoms with Crippen LogP contribution in [-0.4, -0.2) is 25.4 Å². The van der Waals surface area contributed by atoms with Crippen LogP contribution in [0.3, 0.4) is 0 Å². The second-order valence-electron chi connectivity index (χ2n) is 4.96. The number of halogens is 4. The number of hydrogen-bond donors (Lipinski definition) is 1. The number of ether oxygens (including phenoxy) is 1. The van der Waals surface area contributed by atoms with Crippen LogP contribution < -0.4 is 5.32 Å². The van der Waals surface area contributed by atoms with E-state index in [4.69, 9.17) is 4.74 Å². The predicted molar refractivity (Wildman–Crippen MR) is 74.5 cm³/mol. The van der Waals surface area contributed by atoms with E-state index in [0.29, 0.717) is 12.6 Å². The van der Waals surface area contributed by atoms with E-state index >= 15 is 0 Å². The fourth-order valence-corrected chi connectivity index (χ4v) is 2.09. The molecule has 2 rings (SSSR count). The van der Waals surface area contributed by atoms with Gasteiger partial charge in [0.15, 0.2) is 0 Å². The fourth-order valence-electron chi connectivity index (χ4n) is 1.83. The highest BCUT2D eigenvalue weighted by molar-refractivity contribution is 9.10. The van der Waals surface area contributed by atoms with E-state index in [1.54, 1.807) is 0 Å². The van der Waals surface area contributed by atoms with E-state index in [0.717, 1.165) is 22.9 Å². The SMILES string of the molecule is FC(F)(F)CCOC(CNC1CC1)c1ccc(Br)cc1. The molecule has 0 radical (unpaired) electrons. The summed E-state index contributed by atoms with van der Waals surface area (Å²) in [5, 5.41) is 3.30. The lowest BCUT2D eigenvalue weighted by Crippen LogP contribution is -2.26. The molecule has 1 atom stereocenters. The number of nitrogens with one attached hydrogen (secondary N) is 1. The molecule has 0 heterocycles. The molecule has 0 saturated heterocycles. The minimum atomic E-state index is -4.17. The third-order valence-corrected chi connectivity index (χ3v) is 3.64. The summed E-state index contributed by atoms with van der Waals surface area (Å²) in [6.45, 7) is 0.237. The maximum absolute atomic E-state index is 12.2. The highest BCUT2D eigenvalue weighted by atomic mass is 79.9. The molecule has 0 amide bonds. The molecule has 1 aromatic rings. The molecule has 0 aliphatic heterocycles. The smallest absolute Gasteiger partial charge is 0.372 e. The molecular formula is C14H17BrF3NO. The van der Waals surface area contributed by atoms with Crippen LogP contribution in [0, 0.1) is 0 Å². The first-order valence-electron chi connectivity index (χ1n) is 6.61. The Morgan fingerprint density at radius 2 is 1.90 bits per heavy atom. The molecule has 1 fully saturated rings. The zero-order valence-electron chi connectivity index (χ0n) is 10.9. The van der Waals surface area contributed by atoms with Crippen molar-refractivity contribution in [1.82, 2.24) is 5.32 Å². The van der Waals surface area contributed by atoms with Gasteiger partial charge in [0.25, 0.3) is 0 Å². The number of alkyl halides is 3. The van der Waals surface area contributed by atoms with E-state index in [1.807, 2.05) is 24.3 Å². The zero-order chi connectivity index (χ0) is 14.6. The van der Waals surface area contributed by atoms with Crippen LogP contribution in [0.15, 0.2) is 28.7 Å². The molecule has 0 aromatic heterocycles. The standard InChI is InChI=1S/C14H17BrF3NO/c15-11-3-1-10(2-4-11)13(9-19-12-5-6-12)20-8-7-14(16,17)18/h1-4,12-13,19H,5-9H2. The summed E-state index contributed by atoms with van der Waals surface area (Å²) in [4.78, 5) is 0. The lowest BCUT2D eigenvalue weighted by molar-refractivity contribution is -0.149. The largest absolute Gasteiger partial charge is 0.391 e. The van der Waals surface area contributed by atoms with Crippen molar-refractivity contribution in [2.75, 3.05) is 13.2 Å². The predicted octanol–water partition coefficient (Wildman–Crippen LogP) is 4.21. The second-order valence-corrected chi connectivity index (χ2v) is 5.87. The number of hydrogen-bond acceptors (Lipinski definition) is 2. The Hall–Kier alpha value is -0.590. The van der Waals surface area contributed by atoms with Crippen LogP contribution in [0.2, 0.25) is 0 Å². The zero-order valence-corrected chi connectivity index (χ0v) is 12.5. The molecular weight excluding hydrogens is 335 g/mol. The summed E-state index contributed by atoms with van der Waals surface area (Å²) in [5.41, 5.74) is 0.892. The maximum Gasteiger partial charge on any atom is 0.391 e. The Morgan fingerprint density at radius 1 is 1.25 bits per heavy atom. The normalized spacial score (nSPS) is 17.2. The Kier molecular flexibility index (Phi) is 5.46. The molecule has 20 heavy (non-hydrogen) atoms. The lowest BCUT2D eigenvalue weighted by atomic mass is 10.1. The topological polar surface area (TPSA) is 21.3 Å². The molecule has 112 valence electrons. The summed E-state index contributed by atoms with van der Waals surface area (Å²) >= 11 is 3.34. The molecule has 1 aromatic carbocycles. The van der Waals surface area contributed by atoms with Gasteiger partial charge in [0.2, 0.25) is 0 Å². The maximum atomic E-state index is 12.2. The molecule has 1 saturated carbocycles. The summed E-state index contributed by atoms with van der Waals surface area (Å²) in [6, 6.07) is 7.98.